The summed E-state index contributed by atoms with van der Waals surface area (Å²) >= 11 is 0. The number of hydrogen-bond donors (Lipinski definition) is 1. The summed E-state index contributed by atoms with van der Waals surface area (Å²) in [5.41, 5.74) is 1.27. The third kappa shape index (κ3) is 7.08. The number of unbranched alkanes of at least 4 members (excludes halogenated alkanes) is 4. The largest absolute Gasteiger partial charge is 0.314 e. The van der Waals surface area contributed by atoms with Gasteiger partial charge >= 0.3 is 0 Å². The number of nitrogens with one attached hydrogen (secondary N) is 1. The molecule has 1 aromatic rings. The van der Waals surface area contributed by atoms with E-state index in [4.69, 9.17) is 0 Å². The Morgan fingerprint density at radius 1 is 1.10 bits per heavy atom. The fraction of sp³-hybridized carbons (Fsp3) is 0.684. The number of benzene rings is 1. The van der Waals surface area contributed by atoms with E-state index in [1.54, 1.807) is 12.1 Å². The topological polar surface area (TPSA) is 12.0 Å². The molecule has 21 heavy (non-hydrogen) atoms. The van der Waals surface area contributed by atoms with E-state index in [0.717, 1.165) is 19.0 Å². The van der Waals surface area contributed by atoms with E-state index in [1.807, 2.05) is 12.1 Å². The molecule has 1 fully saturated rings. The van der Waals surface area contributed by atoms with Gasteiger partial charge in [0, 0.05) is 6.04 Å². The van der Waals surface area contributed by atoms with E-state index in [2.05, 4.69) is 12.2 Å². The van der Waals surface area contributed by atoms with Gasteiger partial charge in [-0.25, -0.2) is 4.39 Å². The summed E-state index contributed by atoms with van der Waals surface area (Å²) in [6.45, 7) is 3.38. The first-order valence-corrected chi connectivity index (χ1v) is 8.75. The third-order valence-corrected chi connectivity index (χ3v) is 4.43. The van der Waals surface area contributed by atoms with Gasteiger partial charge in [0.05, 0.1) is 0 Å². The molecule has 0 aliphatic heterocycles. The first-order valence-electron chi connectivity index (χ1n) is 8.75. The molecular weight excluding hydrogens is 261 g/mol. The summed E-state index contributed by atoms with van der Waals surface area (Å²) in [5, 5.41) is 3.67. The van der Waals surface area contributed by atoms with Crippen LogP contribution >= 0.6 is 0 Å². The maximum absolute atomic E-state index is 13.0. The molecule has 1 aliphatic rings. The summed E-state index contributed by atoms with van der Waals surface area (Å²) in [6.07, 6.45) is 11.8. The second-order valence-corrected chi connectivity index (χ2v) is 6.58. The molecule has 0 heterocycles. The van der Waals surface area contributed by atoms with Crippen molar-refractivity contribution >= 4 is 0 Å². The fourth-order valence-electron chi connectivity index (χ4n) is 2.89. The molecule has 1 nitrogen and oxygen atoms in total. The Labute approximate surface area is 129 Å². The molecule has 1 aliphatic carbocycles. The summed E-state index contributed by atoms with van der Waals surface area (Å²) in [7, 11) is 0. The van der Waals surface area contributed by atoms with Crippen LogP contribution in [0.1, 0.15) is 63.9 Å². The van der Waals surface area contributed by atoms with E-state index in [1.165, 1.54) is 56.9 Å². The molecule has 118 valence electrons. The van der Waals surface area contributed by atoms with Crippen molar-refractivity contribution in [1.82, 2.24) is 5.32 Å². The molecule has 2 rings (SSSR count). The molecular formula is C19H30FN. The summed E-state index contributed by atoms with van der Waals surface area (Å²) in [4.78, 5) is 0. The smallest absolute Gasteiger partial charge is 0.123 e. The molecule has 0 radical (unpaired) electrons. The minimum atomic E-state index is -0.133. The zero-order valence-corrected chi connectivity index (χ0v) is 13.4. The highest BCUT2D eigenvalue weighted by atomic mass is 19.1. The molecule has 0 bridgehead atoms. The Kier molecular flexibility index (Phi) is 7.21. The maximum Gasteiger partial charge on any atom is 0.123 e. The standard InChI is InChI=1S/C19H30FN/c1-2-3-4-5-6-7-17(15-21-19-12-13-19)14-16-8-10-18(20)11-9-16/h8-11,17,19,21H,2-7,12-15H2,1H3. The van der Waals surface area contributed by atoms with Crippen molar-refractivity contribution in [3.05, 3.63) is 35.6 Å². The molecule has 1 N–H and O–H groups in total. The minimum absolute atomic E-state index is 0.133. The SMILES string of the molecule is CCCCCCCC(CNC1CC1)Cc1ccc(F)cc1. The van der Waals surface area contributed by atoms with E-state index in [0.29, 0.717) is 5.92 Å². The molecule has 1 saturated carbocycles. The molecule has 0 spiro atoms. The second-order valence-electron chi connectivity index (χ2n) is 6.58. The van der Waals surface area contributed by atoms with Crippen LogP contribution in [0.5, 0.6) is 0 Å². The first kappa shape index (κ1) is 16.5. The second kappa shape index (κ2) is 9.19. The lowest BCUT2D eigenvalue weighted by atomic mass is 9.93. The molecule has 0 amide bonds. The number of halogens is 1. The molecule has 0 aromatic heterocycles. The fourth-order valence-corrected chi connectivity index (χ4v) is 2.89. The molecule has 2 heteroatoms. The Balaban J connectivity index is 1.74. The van der Waals surface area contributed by atoms with Crippen LogP contribution in [0.4, 0.5) is 4.39 Å². The quantitative estimate of drug-likeness (QED) is 0.559. The van der Waals surface area contributed by atoms with Gasteiger partial charge in [-0.3, -0.25) is 0 Å². The zero-order chi connectivity index (χ0) is 14.9. The van der Waals surface area contributed by atoms with Gasteiger partial charge in [-0.05, 0) is 55.8 Å². The van der Waals surface area contributed by atoms with Gasteiger partial charge in [-0.15, -0.1) is 0 Å². The highest BCUT2D eigenvalue weighted by Crippen LogP contribution is 2.21. The summed E-state index contributed by atoms with van der Waals surface area (Å²) in [5.74, 6) is 0.559. The monoisotopic (exact) mass is 291 g/mol. The van der Waals surface area contributed by atoms with E-state index >= 15 is 0 Å². The van der Waals surface area contributed by atoms with Gasteiger partial charge in [-0.2, -0.15) is 0 Å². The van der Waals surface area contributed by atoms with Crippen molar-refractivity contribution in [3.8, 4) is 0 Å². The van der Waals surface area contributed by atoms with Crippen LogP contribution in [-0.4, -0.2) is 12.6 Å². The minimum Gasteiger partial charge on any atom is -0.314 e. The van der Waals surface area contributed by atoms with Gasteiger partial charge in [0.1, 0.15) is 5.82 Å². The Morgan fingerprint density at radius 3 is 2.48 bits per heavy atom. The van der Waals surface area contributed by atoms with Gasteiger partial charge in [0.2, 0.25) is 0 Å². The Bertz CT molecular complexity index is 383. The molecule has 1 aromatic carbocycles. The van der Waals surface area contributed by atoms with Crippen molar-refractivity contribution in [3.63, 3.8) is 0 Å². The predicted octanol–water partition coefficient (Wildman–Crippen LogP) is 5.10. The van der Waals surface area contributed by atoms with Gasteiger partial charge in [-0.1, -0.05) is 51.2 Å². The lowest BCUT2D eigenvalue weighted by Crippen LogP contribution is -2.26. The van der Waals surface area contributed by atoms with E-state index in [9.17, 15) is 4.39 Å². The highest BCUT2D eigenvalue weighted by molar-refractivity contribution is 5.16. The van der Waals surface area contributed by atoms with Crippen LogP contribution < -0.4 is 5.32 Å². The summed E-state index contributed by atoms with van der Waals surface area (Å²) in [6, 6.07) is 7.83. The third-order valence-electron chi connectivity index (χ3n) is 4.43. The molecule has 1 unspecified atom stereocenters. The Morgan fingerprint density at radius 2 is 1.81 bits per heavy atom. The lowest BCUT2D eigenvalue weighted by Gasteiger charge is -2.18. The molecule has 0 saturated heterocycles. The van der Waals surface area contributed by atoms with Crippen molar-refractivity contribution in [2.75, 3.05) is 6.54 Å². The Hall–Kier alpha value is -0.890. The van der Waals surface area contributed by atoms with Crippen LogP contribution in [0.25, 0.3) is 0 Å². The van der Waals surface area contributed by atoms with Gasteiger partial charge in [0.15, 0.2) is 0 Å². The first-order chi connectivity index (χ1) is 10.3. The maximum atomic E-state index is 13.0. The van der Waals surface area contributed by atoms with Crippen LogP contribution in [0, 0.1) is 11.7 Å². The number of hydrogen-bond acceptors (Lipinski definition) is 1. The van der Waals surface area contributed by atoms with Gasteiger partial charge in [0.25, 0.3) is 0 Å². The predicted molar refractivity (Wildman–Crippen MR) is 88.0 cm³/mol. The van der Waals surface area contributed by atoms with Crippen LogP contribution in [-0.2, 0) is 6.42 Å². The average Bonchev–Trinajstić information content (AvgIpc) is 3.31. The van der Waals surface area contributed by atoms with E-state index < -0.39 is 0 Å². The van der Waals surface area contributed by atoms with Crippen LogP contribution in [0.3, 0.4) is 0 Å². The number of rotatable bonds is 11. The van der Waals surface area contributed by atoms with Crippen molar-refractivity contribution in [1.29, 1.82) is 0 Å². The van der Waals surface area contributed by atoms with Gasteiger partial charge < -0.3 is 5.32 Å². The van der Waals surface area contributed by atoms with Crippen molar-refractivity contribution in [2.24, 2.45) is 5.92 Å². The summed E-state index contributed by atoms with van der Waals surface area (Å²) < 4.78 is 13.0. The highest BCUT2D eigenvalue weighted by Gasteiger charge is 2.21. The van der Waals surface area contributed by atoms with Crippen molar-refractivity contribution in [2.45, 2.75) is 70.8 Å². The molecule has 1 atom stereocenters. The average molecular weight is 291 g/mol. The van der Waals surface area contributed by atoms with Crippen molar-refractivity contribution < 1.29 is 4.39 Å². The lowest BCUT2D eigenvalue weighted by molar-refractivity contribution is 0.418. The zero-order valence-electron chi connectivity index (χ0n) is 13.4. The van der Waals surface area contributed by atoms with Crippen LogP contribution in [0.2, 0.25) is 0 Å². The van der Waals surface area contributed by atoms with Crippen LogP contribution in [0.15, 0.2) is 24.3 Å². The van der Waals surface area contributed by atoms with E-state index in [-0.39, 0.29) is 5.82 Å². The normalized spacial score (nSPS) is 16.1.